The third-order valence-electron chi connectivity index (χ3n) is 2.35. The highest BCUT2D eigenvalue weighted by atomic mass is 16.5. The highest BCUT2D eigenvalue weighted by molar-refractivity contribution is 5.78. The van der Waals surface area contributed by atoms with Gasteiger partial charge in [-0.1, -0.05) is 0 Å². The Morgan fingerprint density at radius 2 is 2.33 bits per heavy atom. The Labute approximate surface area is 91.2 Å². The first-order chi connectivity index (χ1) is 7.02. The molecular weight excluding hydrogens is 194 g/mol. The Morgan fingerprint density at radius 1 is 1.60 bits per heavy atom. The van der Waals surface area contributed by atoms with Gasteiger partial charge in [0.1, 0.15) is 0 Å². The third-order valence-corrected chi connectivity index (χ3v) is 2.35. The maximum atomic E-state index is 11.4. The molecule has 0 aromatic rings. The summed E-state index contributed by atoms with van der Waals surface area (Å²) >= 11 is 0. The van der Waals surface area contributed by atoms with Crippen LogP contribution >= 0.6 is 0 Å². The van der Waals surface area contributed by atoms with Crippen LogP contribution in [0.4, 0.5) is 0 Å². The quantitative estimate of drug-likeness (QED) is 0.634. The zero-order valence-corrected chi connectivity index (χ0v) is 9.80. The Bertz CT molecular complexity index is 213. The average Bonchev–Trinajstić information content (AvgIpc) is 2.15. The van der Waals surface area contributed by atoms with Crippen molar-refractivity contribution in [1.29, 1.82) is 0 Å². The van der Waals surface area contributed by atoms with Crippen LogP contribution in [-0.2, 0) is 9.53 Å². The number of hydrogen-bond donors (Lipinski definition) is 2. The van der Waals surface area contributed by atoms with E-state index in [0.717, 1.165) is 13.1 Å². The summed E-state index contributed by atoms with van der Waals surface area (Å²) in [6.07, 6.45) is 0. The molecule has 1 aliphatic rings. The molecule has 0 radical (unpaired) electrons. The number of likely N-dealkylation sites (N-methyl/N-ethyl adjacent to an activating group) is 1. The van der Waals surface area contributed by atoms with Crippen LogP contribution in [0, 0.1) is 0 Å². The Morgan fingerprint density at radius 3 is 2.87 bits per heavy atom. The molecule has 1 aliphatic heterocycles. The number of ether oxygens (including phenoxy) is 1. The molecule has 0 aromatic heterocycles. The van der Waals surface area contributed by atoms with E-state index in [9.17, 15) is 4.79 Å². The topological polar surface area (TPSA) is 53.6 Å². The zero-order chi connectivity index (χ0) is 11.3. The van der Waals surface area contributed by atoms with Gasteiger partial charge in [0.15, 0.2) is 0 Å². The van der Waals surface area contributed by atoms with E-state index in [4.69, 9.17) is 4.74 Å². The SMILES string of the molecule is CN(C)CC(=O)NCC1(C)CNCCO1. The Kier molecular flexibility index (Phi) is 4.50. The number of hydrogen-bond acceptors (Lipinski definition) is 4. The number of nitrogens with one attached hydrogen (secondary N) is 2. The molecule has 1 fully saturated rings. The minimum atomic E-state index is -0.264. The monoisotopic (exact) mass is 215 g/mol. The van der Waals surface area contributed by atoms with E-state index >= 15 is 0 Å². The van der Waals surface area contributed by atoms with Crippen molar-refractivity contribution in [3.63, 3.8) is 0 Å². The first-order valence-corrected chi connectivity index (χ1v) is 5.28. The zero-order valence-electron chi connectivity index (χ0n) is 9.80. The van der Waals surface area contributed by atoms with Crippen molar-refractivity contribution in [1.82, 2.24) is 15.5 Å². The largest absolute Gasteiger partial charge is 0.371 e. The van der Waals surface area contributed by atoms with Gasteiger partial charge in [0.2, 0.25) is 5.91 Å². The van der Waals surface area contributed by atoms with Crippen LogP contribution in [0.2, 0.25) is 0 Å². The summed E-state index contributed by atoms with van der Waals surface area (Å²) in [5.41, 5.74) is -0.264. The second-order valence-corrected chi connectivity index (χ2v) is 4.49. The van der Waals surface area contributed by atoms with E-state index in [1.54, 1.807) is 0 Å². The molecule has 15 heavy (non-hydrogen) atoms. The van der Waals surface area contributed by atoms with Crippen molar-refractivity contribution in [2.24, 2.45) is 0 Å². The molecule has 5 heteroatoms. The summed E-state index contributed by atoms with van der Waals surface area (Å²) < 4.78 is 5.63. The van der Waals surface area contributed by atoms with Gasteiger partial charge in [0.05, 0.1) is 18.8 Å². The molecular formula is C10H21N3O2. The van der Waals surface area contributed by atoms with Gasteiger partial charge in [-0.25, -0.2) is 0 Å². The lowest BCUT2D eigenvalue weighted by atomic mass is 10.1. The molecule has 0 aliphatic carbocycles. The predicted octanol–water partition coefficient (Wildman–Crippen LogP) is -0.957. The number of rotatable bonds is 4. The Hall–Kier alpha value is -0.650. The number of carbonyl (C=O) groups is 1. The third kappa shape index (κ3) is 4.59. The Balaban J connectivity index is 2.25. The molecule has 1 saturated heterocycles. The van der Waals surface area contributed by atoms with E-state index in [0.29, 0.717) is 19.7 Å². The fourth-order valence-corrected chi connectivity index (χ4v) is 1.52. The molecule has 1 atom stereocenters. The maximum absolute atomic E-state index is 11.4. The lowest BCUT2D eigenvalue weighted by Gasteiger charge is -2.34. The summed E-state index contributed by atoms with van der Waals surface area (Å²) in [6, 6.07) is 0. The fraction of sp³-hybridized carbons (Fsp3) is 0.900. The number of carbonyl (C=O) groups excluding carboxylic acids is 1. The fourth-order valence-electron chi connectivity index (χ4n) is 1.52. The van der Waals surface area contributed by atoms with Crippen molar-refractivity contribution in [2.75, 3.05) is 46.9 Å². The smallest absolute Gasteiger partial charge is 0.234 e. The summed E-state index contributed by atoms with van der Waals surface area (Å²) in [6.45, 7) is 5.38. The van der Waals surface area contributed by atoms with Gasteiger partial charge in [0.25, 0.3) is 0 Å². The van der Waals surface area contributed by atoms with Gasteiger partial charge in [-0.15, -0.1) is 0 Å². The molecule has 0 aromatic carbocycles. The van der Waals surface area contributed by atoms with Gasteiger partial charge in [-0.05, 0) is 21.0 Å². The molecule has 88 valence electrons. The van der Waals surface area contributed by atoms with Crippen molar-refractivity contribution >= 4 is 5.91 Å². The lowest BCUT2D eigenvalue weighted by molar-refractivity contribution is -0.124. The summed E-state index contributed by atoms with van der Waals surface area (Å²) in [5.74, 6) is 0.0374. The van der Waals surface area contributed by atoms with Crippen LogP contribution in [0.1, 0.15) is 6.92 Å². The summed E-state index contributed by atoms with van der Waals surface area (Å²) in [4.78, 5) is 13.3. The lowest BCUT2D eigenvalue weighted by Crippen LogP contribution is -2.54. The molecule has 0 saturated carbocycles. The average molecular weight is 215 g/mol. The van der Waals surface area contributed by atoms with Crippen LogP contribution in [-0.4, -0.2) is 63.3 Å². The molecule has 1 rings (SSSR count). The van der Waals surface area contributed by atoms with Crippen LogP contribution in [0.3, 0.4) is 0 Å². The first-order valence-electron chi connectivity index (χ1n) is 5.28. The minimum Gasteiger partial charge on any atom is -0.371 e. The van der Waals surface area contributed by atoms with E-state index in [1.165, 1.54) is 0 Å². The van der Waals surface area contributed by atoms with Crippen LogP contribution in [0.25, 0.3) is 0 Å². The van der Waals surface area contributed by atoms with E-state index in [-0.39, 0.29) is 11.5 Å². The number of amides is 1. The summed E-state index contributed by atoms with van der Waals surface area (Å²) in [5, 5.41) is 6.13. The number of morpholine rings is 1. The van der Waals surface area contributed by atoms with Gasteiger partial charge in [-0.2, -0.15) is 0 Å². The van der Waals surface area contributed by atoms with Crippen molar-refractivity contribution in [3.05, 3.63) is 0 Å². The second-order valence-electron chi connectivity index (χ2n) is 4.49. The molecule has 1 unspecified atom stereocenters. The van der Waals surface area contributed by atoms with Crippen LogP contribution in [0.5, 0.6) is 0 Å². The van der Waals surface area contributed by atoms with Gasteiger partial charge in [0, 0.05) is 19.6 Å². The van der Waals surface area contributed by atoms with Gasteiger partial charge < -0.3 is 20.3 Å². The molecule has 1 heterocycles. The van der Waals surface area contributed by atoms with Crippen LogP contribution in [0.15, 0.2) is 0 Å². The van der Waals surface area contributed by atoms with Crippen molar-refractivity contribution in [3.8, 4) is 0 Å². The van der Waals surface area contributed by atoms with Gasteiger partial charge in [-0.3, -0.25) is 4.79 Å². The van der Waals surface area contributed by atoms with E-state index in [2.05, 4.69) is 10.6 Å². The molecule has 0 bridgehead atoms. The second kappa shape index (κ2) is 5.44. The van der Waals surface area contributed by atoms with Crippen LogP contribution < -0.4 is 10.6 Å². The molecule has 0 spiro atoms. The number of nitrogens with zero attached hydrogens (tertiary/aromatic N) is 1. The highest BCUT2D eigenvalue weighted by Gasteiger charge is 2.27. The highest BCUT2D eigenvalue weighted by Crippen LogP contribution is 2.10. The maximum Gasteiger partial charge on any atom is 0.234 e. The van der Waals surface area contributed by atoms with Crippen molar-refractivity contribution < 1.29 is 9.53 Å². The summed E-state index contributed by atoms with van der Waals surface area (Å²) in [7, 11) is 3.75. The molecule has 2 N–H and O–H groups in total. The standard InChI is InChI=1S/C10H21N3O2/c1-10(7-11-4-5-15-10)8-12-9(14)6-13(2)3/h11H,4-8H2,1-3H3,(H,12,14). The predicted molar refractivity (Wildman–Crippen MR) is 58.8 cm³/mol. The van der Waals surface area contributed by atoms with Gasteiger partial charge >= 0.3 is 0 Å². The van der Waals surface area contributed by atoms with Crippen molar-refractivity contribution in [2.45, 2.75) is 12.5 Å². The normalized spacial score (nSPS) is 26.7. The van der Waals surface area contributed by atoms with E-state index < -0.39 is 0 Å². The molecule has 1 amide bonds. The molecule has 5 nitrogen and oxygen atoms in total. The first kappa shape index (κ1) is 12.4. The minimum absolute atomic E-state index is 0.0374. The van der Waals surface area contributed by atoms with E-state index in [1.807, 2.05) is 25.9 Å².